The first kappa shape index (κ1) is 34.7. The summed E-state index contributed by atoms with van der Waals surface area (Å²) in [4.78, 5) is 0. The van der Waals surface area contributed by atoms with Crippen molar-refractivity contribution in [2.24, 2.45) is 0 Å². The van der Waals surface area contributed by atoms with Crippen LogP contribution in [-0.4, -0.2) is 33.6 Å². The van der Waals surface area contributed by atoms with Crippen molar-refractivity contribution in [1.82, 2.24) is 5.32 Å². The van der Waals surface area contributed by atoms with Gasteiger partial charge in [0.05, 0.1) is 28.4 Å². The van der Waals surface area contributed by atoms with E-state index in [1.54, 1.807) is 0 Å². The van der Waals surface area contributed by atoms with Crippen LogP contribution in [0.25, 0.3) is 0 Å². The summed E-state index contributed by atoms with van der Waals surface area (Å²) in [6.07, 6.45) is -17.5. The Hall–Kier alpha value is -2.74. The fourth-order valence-corrected chi connectivity index (χ4v) is 6.23. The average Bonchev–Trinajstić information content (AvgIpc) is 3.32. The van der Waals surface area contributed by atoms with E-state index in [2.05, 4.69) is 11.2 Å². The summed E-state index contributed by atoms with van der Waals surface area (Å²) in [6, 6.07) is -0.856. The monoisotopic (exact) mass is 651 g/mol. The van der Waals surface area contributed by atoms with Crippen molar-refractivity contribution in [3.63, 3.8) is 0 Å². The van der Waals surface area contributed by atoms with E-state index < -0.39 is 84.2 Å². The number of terminal acetylenes is 1. The summed E-state index contributed by atoms with van der Waals surface area (Å²) in [7, 11) is -3.26. The minimum Gasteiger partial charge on any atom is -0.403 e. The lowest BCUT2D eigenvalue weighted by atomic mass is 9.77. The van der Waals surface area contributed by atoms with Crippen molar-refractivity contribution in [2.45, 2.75) is 68.5 Å². The Labute approximate surface area is 239 Å². The quantitative estimate of drug-likeness (QED) is 0.186. The number of nitrogens with one attached hydrogen (secondary N) is 1. The first-order chi connectivity index (χ1) is 19.4. The lowest BCUT2D eigenvalue weighted by molar-refractivity contribution is -0.144. The molecule has 1 heterocycles. The van der Waals surface area contributed by atoms with Gasteiger partial charge in [-0.15, -0.1) is 6.42 Å². The number of halogens is 12. The Kier molecular flexibility index (Phi) is 9.41. The molecule has 1 saturated heterocycles. The molecule has 0 spiro atoms. The van der Waals surface area contributed by atoms with E-state index in [1.165, 1.54) is 19.6 Å². The largest absolute Gasteiger partial charge is 0.416 e. The maximum absolute atomic E-state index is 13.9. The molecule has 1 fully saturated rings. The topological polar surface area (TPSA) is 30.5 Å². The summed E-state index contributed by atoms with van der Waals surface area (Å²) in [5.74, 6) is 2.17. The third-order valence-corrected chi connectivity index (χ3v) is 7.42. The first-order valence-electron chi connectivity index (χ1n) is 12.5. The Morgan fingerprint density at radius 2 is 1.05 bits per heavy atom. The molecular weight excluding hydrogens is 626 g/mol. The number of hydrogen-bond acceptors (Lipinski definition) is 3. The molecule has 0 saturated carbocycles. The van der Waals surface area contributed by atoms with Crippen molar-refractivity contribution in [2.75, 3.05) is 13.2 Å². The minimum absolute atomic E-state index is 0.140. The molecule has 2 aromatic rings. The summed E-state index contributed by atoms with van der Waals surface area (Å²) < 4.78 is 179. The number of ether oxygens (including phenoxy) is 1. The van der Waals surface area contributed by atoms with Gasteiger partial charge in [-0.05, 0) is 73.6 Å². The van der Waals surface area contributed by atoms with Crippen LogP contribution in [-0.2, 0) is 39.5 Å². The molecule has 0 unspecified atom stereocenters. The molecule has 0 aromatic heterocycles. The highest BCUT2D eigenvalue weighted by Crippen LogP contribution is 2.49. The van der Waals surface area contributed by atoms with Crippen molar-refractivity contribution >= 4 is 8.32 Å². The van der Waals surface area contributed by atoms with Crippen molar-refractivity contribution in [3.8, 4) is 12.3 Å². The van der Waals surface area contributed by atoms with Gasteiger partial charge in [0, 0.05) is 12.6 Å². The van der Waals surface area contributed by atoms with Crippen molar-refractivity contribution < 1.29 is 61.8 Å². The molecular formula is C27H25F12NO2Si. The lowest BCUT2D eigenvalue weighted by Gasteiger charge is -2.45. The number of hydrogen-bond donors (Lipinski definition) is 1. The fourth-order valence-electron chi connectivity index (χ4n) is 4.89. The first-order valence-corrected chi connectivity index (χ1v) is 15.9. The summed E-state index contributed by atoms with van der Waals surface area (Å²) in [5, 5.41) is 2.79. The van der Waals surface area contributed by atoms with Gasteiger partial charge >= 0.3 is 24.7 Å². The van der Waals surface area contributed by atoms with Gasteiger partial charge < -0.3 is 14.5 Å². The van der Waals surface area contributed by atoms with Crippen LogP contribution < -0.4 is 5.32 Å². The van der Waals surface area contributed by atoms with E-state index in [9.17, 15) is 52.7 Å². The molecule has 0 amide bonds. The van der Waals surface area contributed by atoms with Crippen LogP contribution in [0.2, 0.25) is 19.6 Å². The Morgan fingerprint density at radius 3 is 1.35 bits per heavy atom. The molecule has 16 heteroatoms. The fraction of sp³-hybridized carbons (Fsp3) is 0.481. The van der Waals surface area contributed by atoms with Crippen LogP contribution in [0.3, 0.4) is 0 Å². The van der Waals surface area contributed by atoms with Gasteiger partial charge in [-0.3, -0.25) is 0 Å². The standard InChI is InChI=1S/C27H25F12NO2Si/c1-5-6-41-21-13-22(40-14-21)23(42-43(2,3)4,15-7-17(24(28,29)30)11-18(8-15)25(31,32)33)16-9-19(26(34,35)36)12-20(10-16)27(37,38)39/h1,7-12,21-22,40H,6,13-14H2,2-4H3/t21-,22+/m1/s1. The lowest BCUT2D eigenvalue weighted by Crippen LogP contribution is -2.53. The van der Waals surface area contributed by atoms with Crippen LogP contribution in [0.4, 0.5) is 52.7 Å². The third-order valence-electron chi connectivity index (χ3n) is 6.48. The Balaban J connectivity index is 2.55. The van der Waals surface area contributed by atoms with Crippen molar-refractivity contribution in [1.29, 1.82) is 0 Å². The number of benzene rings is 2. The van der Waals surface area contributed by atoms with Crippen LogP contribution >= 0.6 is 0 Å². The molecule has 1 aliphatic heterocycles. The van der Waals surface area contributed by atoms with E-state index in [0.29, 0.717) is 0 Å². The smallest absolute Gasteiger partial charge is 0.403 e. The minimum atomic E-state index is -5.38. The molecule has 3 rings (SSSR count). The number of rotatable bonds is 7. The number of alkyl halides is 12. The van der Waals surface area contributed by atoms with E-state index in [0.717, 1.165) is 0 Å². The average molecular weight is 652 g/mol. The maximum Gasteiger partial charge on any atom is 0.416 e. The molecule has 3 nitrogen and oxygen atoms in total. The molecule has 238 valence electrons. The van der Waals surface area contributed by atoms with E-state index in [1.807, 2.05) is 0 Å². The highest BCUT2D eigenvalue weighted by molar-refractivity contribution is 6.69. The zero-order valence-corrected chi connectivity index (χ0v) is 23.7. The van der Waals surface area contributed by atoms with Gasteiger partial charge in [0.25, 0.3) is 0 Å². The van der Waals surface area contributed by atoms with E-state index in [-0.39, 0.29) is 56.0 Å². The molecule has 1 aliphatic rings. The van der Waals surface area contributed by atoms with Crippen LogP contribution in [0.15, 0.2) is 36.4 Å². The molecule has 0 radical (unpaired) electrons. The highest BCUT2D eigenvalue weighted by atomic mass is 28.4. The van der Waals surface area contributed by atoms with E-state index >= 15 is 0 Å². The summed E-state index contributed by atoms with van der Waals surface area (Å²) in [6.45, 7) is 3.88. The second kappa shape index (κ2) is 11.6. The van der Waals surface area contributed by atoms with Crippen LogP contribution in [0.5, 0.6) is 0 Å². The zero-order valence-electron chi connectivity index (χ0n) is 22.7. The predicted octanol–water partition coefficient (Wildman–Crippen LogP) is 8.24. The van der Waals surface area contributed by atoms with Gasteiger partial charge in [-0.1, -0.05) is 5.92 Å². The molecule has 0 bridgehead atoms. The molecule has 2 atom stereocenters. The normalized spacial score (nSPS) is 19.0. The molecule has 43 heavy (non-hydrogen) atoms. The van der Waals surface area contributed by atoms with Gasteiger partial charge in [0.15, 0.2) is 8.32 Å². The summed E-state index contributed by atoms with van der Waals surface area (Å²) >= 11 is 0. The predicted molar refractivity (Wildman–Crippen MR) is 133 cm³/mol. The second-order valence-corrected chi connectivity index (χ2v) is 15.3. The second-order valence-electron chi connectivity index (χ2n) is 10.9. The molecule has 1 N–H and O–H groups in total. The highest BCUT2D eigenvalue weighted by Gasteiger charge is 2.52. The van der Waals surface area contributed by atoms with Gasteiger partial charge in [0.1, 0.15) is 12.2 Å². The Morgan fingerprint density at radius 1 is 0.698 bits per heavy atom. The van der Waals surface area contributed by atoms with Crippen LogP contribution in [0, 0.1) is 12.3 Å². The maximum atomic E-state index is 13.9. The van der Waals surface area contributed by atoms with E-state index in [4.69, 9.17) is 15.6 Å². The summed E-state index contributed by atoms with van der Waals surface area (Å²) in [5.41, 5.74) is -11.9. The van der Waals surface area contributed by atoms with Gasteiger partial charge in [0.2, 0.25) is 0 Å². The Bertz CT molecular complexity index is 1210. The zero-order chi connectivity index (χ0) is 32.8. The third kappa shape index (κ3) is 8.05. The van der Waals surface area contributed by atoms with Crippen LogP contribution in [0.1, 0.15) is 39.8 Å². The molecule has 2 aromatic carbocycles. The molecule has 0 aliphatic carbocycles. The van der Waals surface area contributed by atoms with Gasteiger partial charge in [-0.2, -0.15) is 52.7 Å². The van der Waals surface area contributed by atoms with Crippen molar-refractivity contribution in [3.05, 3.63) is 69.8 Å². The van der Waals surface area contributed by atoms with Gasteiger partial charge in [-0.25, -0.2) is 0 Å². The SMILES string of the molecule is C#CCO[C@H]1CN[C@H](C(O[Si](C)(C)C)(c2cc(C(F)(F)F)cc(C(F)(F)F)c2)c2cc(C(F)(F)F)cc(C(F)(F)F)c2)C1.